The van der Waals surface area contributed by atoms with E-state index >= 15 is 0 Å². The number of anilines is 2. The van der Waals surface area contributed by atoms with E-state index < -0.39 is 0 Å². The van der Waals surface area contributed by atoms with Crippen molar-refractivity contribution in [3.63, 3.8) is 0 Å². The molecule has 5 nitrogen and oxygen atoms in total. The molecule has 0 aromatic carbocycles. The lowest BCUT2D eigenvalue weighted by molar-refractivity contribution is 0.862. The zero-order valence-electron chi connectivity index (χ0n) is 7.69. The Morgan fingerprint density at radius 3 is 3.07 bits per heavy atom. The molecule has 5 heteroatoms. The molecule has 2 heterocycles. The Balaban J connectivity index is 2.34. The van der Waals surface area contributed by atoms with Gasteiger partial charge in [-0.25, -0.2) is 0 Å². The number of aromatic amines is 1. The number of hydrogen-bond acceptors (Lipinski definition) is 3. The summed E-state index contributed by atoms with van der Waals surface area (Å²) in [6, 6.07) is 5.29. The molecule has 0 radical (unpaired) electrons. The van der Waals surface area contributed by atoms with Crippen molar-refractivity contribution in [3.8, 4) is 0 Å². The van der Waals surface area contributed by atoms with E-state index in [-0.39, 0.29) is 5.56 Å². The largest absolute Gasteiger partial charge is 0.336 e. The Labute approximate surface area is 80.4 Å². The molecule has 0 aliphatic rings. The van der Waals surface area contributed by atoms with Crippen LogP contribution in [0.15, 0.2) is 35.4 Å². The average molecular weight is 190 g/mol. The van der Waals surface area contributed by atoms with Crippen molar-refractivity contribution in [2.24, 2.45) is 7.05 Å². The van der Waals surface area contributed by atoms with Crippen LogP contribution in [0.2, 0.25) is 0 Å². The summed E-state index contributed by atoms with van der Waals surface area (Å²) in [5, 5.41) is 9.44. The highest BCUT2D eigenvalue weighted by atomic mass is 16.1. The summed E-state index contributed by atoms with van der Waals surface area (Å²) in [5.74, 6) is 0.702. The first kappa shape index (κ1) is 8.55. The first-order valence-electron chi connectivity index (χ1n) is 4.19. The van der Waals surface area contributed by atoms with Gasteiger partial charge in [0, 0.05) is 19.3 Å². The topological polar surface area (TPSA) is 62.7 Å². The van der Waals surface area contributed by atoms with E-state index in [1.807, 2.05) is 0 Å². The van der Waals surface area contributed by atoms with E-state index in [0.29, 0.717) is 11.5 Å². The van der Waals surface area contributed by atoms with Gasteiger partial charge in [0.2, 0.25) is 0 Å². The third-order valence-electron chi connectivity index (χ3n) is 1.89. The van der Waals surface area contributed by atoms with Gasteiger partial charge in [-0.2, -0.15) is 5.10 Å². The van der Waals surface area contributed by atoms with Crippen molar-refractivity contribution in [3.05, 3.63) is 40.9 Å². The summed E-state index contributed by atoms with van der Waals surface area (Å²) < 4.78 is 1.51. The molecule has 2 aromatic rings. The average Bonchev–Trinajstić information content (AvgIpc) is 2.66. The molecule has 0 atom stereocenters. The van der Waals surface area contributed by atoms with Crippen LogP contribution in [-0.2, 0) is 7.05 Å². The number of rotatable bonds is 2. The molecule has 0 unspecified atom stereocenters. The second-order valence-electron chi connectivity index (χ2n) is 2.93. The van der Waals surface area contributed by atoms with Crippen LogP contribution in [0.3, 0.4) is 0 Å². The first-order chi connectivity index (χ1) is 6.77. The summed E-state index contributed by atoms with van der Waals surface area (Å²) in [6.45, 7) is 0. The van der Waals surface area contributed by atoms with Crippen molar-refractivity contribution >= 4 is 11.5 Å². The van der Waals surface area contributed by atoms with Crippen LogP contribution in [0.5, 0.6) is 0 Å². The van der Waals surface area contributed by atoms with E-state index in [0.717, 1.165) is 0 Å². The Morgan fingerprint density at radius 1 is 1.50 bits per heavy atom. The van der Waals surface area contributed by atoms with Crippen molar-refractivity contribution in [2.45, 2.75) is 0 Å². The van der Waals surface area contributed by atoms with Crippen molar-refractivity contribution in [2.75, 3.05) is 5.32 Å². The van der Waals surface area contributed by atoms with Gasteiger partial charge in [-0.05, 0) is 12.1 Å². The van der Waals surface area contributed by atoms with Gasteiger partial charge in [-0.1, -0.05) is 0 Å². The monoisotopic (exact) mass is 190 g/mol. The maximum absolute atomic E-state index is 11.6. The Bertz CT molecular complexity index is 472. The molecule has 2 aromatic heterocycles. The first-order valence-corrected chi connectivity index (χ1v) is 4.19. The van der Waals surface area contributed by atoms with Gasteiger partial charge >= 0.3 is 0 Å². The molecule has 0 saturated heterocycles. The van der Waals surface area contributed by atoms with E-state index in [4.69, 9.17) is 0 Å². The molecule has 0 aliphatic heterocycles. The maximum Gasteiger partial charge on any atom is 0.274 e. The Morgan fingerprint density at radius 2 is 2.36 bits per heavy atom. The lowest BCUT2D eigenvalue weighted by Crippen LogP contribution is -2.18. The summed E-state index contributed by atoms with van der Waals surface area (Å²) in [6.07, 6.45) is 3.33. The number of nitrogens with zero attached hydrogens (tertiary/aromatic N) is 2. The fourth-order valence-electron chi connectivity index (χ4n) is 1.16. The number of nitrogens with one attached hydrogen (secondary N) is 2. The summed E-state index contributed by atoms with van der Waals surface area (Å²) in [4.78, 5) is 11.6. The van der Waals surface area contributed by atoms with E-state index in [1.165, 1.54) is 4.57 Å². The predicted molar refractivity (Wildman–Crippen MR) is 53.6 cm³/mol. The minimum Gasteiger partial charge on any atom is -0.336 e. The predicted octanol–water partition coefficient (Wildman–Crippen LogP) is 0.852. The van der Waals surface area contributed by atoms with Gasteiger partial charge in [0.05, 0.1) is 6.20 Å². The van der Waals surface area contributed by atoms with Gasteiger partial charge in [-0.15, -0.1) is 0 Å². The third-order valence-corrected chi connectivity index (χ3v) is 1.89. The van der Waals surface area contributed by atoms with Crippen molar-refractivity contribution in [1.82, 2.24) is 14.8 Å². The standard InChI is InChI=1S/C9H10N4O/c1-13-6-2-3-7(9(13)14)11-8-4-5-10-12-8/h2-6H,1H3,(H2,10,11,12). The Hall–Kier alpha value is -2.04. The lowest BCUT2D eigenvalue weighted by atomic mass is 10.4. The Kier molecular flexibility index (Phi) is 2.06. The maximum atomic E-state index is 11.6. The number of aromatic nitrogens is 3. The van der Waals surface area contributed by atoms with Gasteiger partial charge in [0.25, 0.3) is 5.56 Å². The highest BCUT2D eigenvalue weighted by Gasteiger charge is 2.00. The highest BCUT2D eigenvalue weighted by molar-refractivity contribution is 5.53. The quantitative estimate of drug-likeness (QED) is 0.738. The normalized spacial score (nSPS) is 10.1. The van der Waals surface area contributed by atoms with Gasteiger partial charge < -0.3 is 9.88 Å². The van der Waals surface area contributed by atoms with Crippen LogP contribution in [0, 0.1) is 0 Å². The molecule has 0 bridgehead atoms. The third kappa shape index (κ3) is 1.52. The smallest absolute Gasteiger partial charge is 0.274 e. The number of aryl methyl sites for hydroxylation is 1. The molecule has 0 fully saturated rings. The summed E-state index contributed by atoms with van der Waals surface area (Å²) in [5.41, 5.74) is 0.460. The molecular formula is C9H10N4O. The number of hydrogen-bond donors (Lipinski definition) is 2. The second-order valence-corrected chi connectivity index (χ2v) is 2.93. The van der Waals surface area contributed by atoms with Crippen molar-refractivity contribution < 1.29 is 0 Å². The van der Waals surface area contributed by atoms with E-state index in [2.05, 4.69) is 15.5 Å². The molecule has 2 N–H and O–H groups in total. The fraction of sp³-hybridized carbons (Fsp3) is 0.111. The van der Waals surface area contributed by atoms with E-state index in [9.17, 15) is 4.79 Å². The van der Waals surface area contributed by atoms with Crippen LogP contribution in [-0.4, -0.2) is 14.8 Å². The van der Waals surface area contributed by atoms with Crippen LogP contribution in [0.4, 0.5) is 11.5 Å². The second kappa shape index (κ2) is 3.37. The molecule has 2 rings (SSSR count). The van der Waals surface area contributed by atoms with Crippen LogP contribution >= 0.6 is 0 Å². The van der Waals surface area contributed by atoms with Gasteiger partial charge in [-0.3, -0.25) is 9.89 Å². The minimum atomic E-state index is -0.0675. The van der Waals surface area contributed by atoms with Gasteiger partial charge in [0.1, 0.15) is 11.5 Å². The highest BCUT2D eigenvalue weighted by Crippen LogP contribution is 2.07. The molecule has 14 heavy (non-hydrogen) atoms. The van der Waals surface area contributed by atoms with Gasteiger partial charge in [0.15, 0.2) is 0 Å². The molecule has 0 spiro atoms. The van der Waals surface area contributed by atoms with Crippen LogP contribution in [0.25, 0.3) is 0 Å². The zero-order chi connectivity index (χ0) is 9.97. The molecule has 0 saturated carbocycles. The minimum absolute atomic E-state index is 0.0675. The number of pyridine rings is 1. The zero-order valence-corrected chi connectivity index (χ0v) is 7.69. The number of H-pyrrole nitrogens is 1. The van der Waals surface area contributed by atoms with E-state index in [1.54, 1.807) is 37.6 Å². The summed E-state index contributed by atoms with van der Waals surface area (Å²) >= 11 is 0. The van der Waals surface area contributed by atoms with Crippen LogP contribution < -0.4 is 10.9 Å². The molecular weight excluding hydrogens is 180 g/mol. The summed E-state index contributed by atoms with van der Waals surface area (Å²) in [7, 11) is 1.71. The van der Waals surface area contributed by atoms with Crippen LogP contribution in [0.1, 0.15) is 0 Å². The van der Waals surface area contributed by atoms with Crippen molar-refractivity contribution in [1.29, 1.82) is 0 Å². The fourth-order valence-corrected chi connectivity index (χ4v) is 1.16. The molecule has 0 amide bonds. The SMILES string of the molecule is Cn1cccc(Nc2ccn[nH]2)c1=O. The molecule has 0 aliphatic carbocycles. The lowest BCUT2D eigenvalue weighted by Gasteiger charge is -2.03. The molecule has 72 valence electrons.